The first-order chi connectivity index (χ1) is 27.4. The van der Waals surface area contributed by atoms with Gasteiger partial charge in [-0.2, -0.15) is 11.8 Å². The average Bonchev–Trinajstić information content (AvgIpc) is 3.13. The van der Waals surface area contributed by atoms with Crippen molar-refractivity contribution in [2.75, 3.05) is 18.6 Å². The number of nitrogens with one attached hydrogen (secondary N) is 7. The van der Waals surface area contributed by atoms with Crippen molar-refractivity contribution >= 4 is 71.0 Å². The van der Waals surface area contributed by atoms with E-state index in [1.807, 2.05) is 0 Å². The van der Waals surface area contributed by atoms with Gasteiger partial charge in [0, 0.05) is 13.0 Å². The summed E-state index contributed by atoms with van der Waals surface area (Å²) < 4.78 is 0. The molecule has 0 saturated carbocycles. The quantitative estimate of drug-likeness (QED) is 0.0215. The van der Waals surface area contributed by atoms with Gasteiger partial charge < -0.3 is 64.6 Å². The first kappa shape index (κ1) is 53.8. The summed E-state index contributed by atoms with van der Waals surface area (Å²) in [6.45, 7) is 11.1. The lowest BCUT2D eigenvalue weighted by Crippen LogP contribution is -2.60. The minimum Gasteiger partial charge on any atom is -0.481 e. The monoisotopic (exact) mass is 859 g/mol. The second-order valence-corrected chi connectivity index (χ2v) is 15.8. The summed E-state index contributed by atoms with van der Waals surface area (Å²) >= 11 is 1.38. The molecule has 0 saturated heterocycles. The van der Waals surface area contributed by atoms with Crippen LogP contribution in [-0.2, 0) is 43.2 Å². The van der Waals surface area contributed by atoms with E-state index in [0.29, 0.717) is 12.2 Å². The van der Waals surface area contributed by atoms with Crippen LogP contribution < -0.4 is 54.4 Å². The van der Waals surface area contributed by atoms with Crippen LogP contribution in [0.15, 0.2) is 4.99 Å². The highest BCUT2D eigenvalue weighted by Gasteiger charge is 2.34. The van der Waals surface area contributed by atoms with Gasteiger partial charge in [-0.05, 0) is 76.7 Å². The molecule has 8 atom stereocenters. The molecule has 0 aromatic carbocycles. The SMILES string of the molecule is CSCC[C@H](NC(=O)[C@H](C)NC(=O)[C@H](CCC(=O)O)NC(=O)[C@H](C)NC(=O)[C@H](CC(C)C)NC(=O)[C@@H](NC(=O)[C@H](CCCN=C(N)N)NC(=O)[C@H](C)N)C(C)C)C(=O)O. The van der Waals surface area contributed by atoms with E-state index in [1.165, 1.54) is 32.5 Å². The maximum absolute atomic E-state index is 13.7. The Labute approximate surface area is 348 Å². The Hall–Kier alpha value is -5.19. The minimum absolute atomic E-state index is 0.102. The number of carbonyl (C=O) groups is 9. The zero-order valence-corrected chi connectivity index (χ0v) is 35.9. The van der Waals surface area contributed by atoms with Crippen LogP contribution in [0.3, 0.4) is 0 Å². The molecule has 0 fully saturated rings. The van der Waals surface area contributed by atoms with E-state index in [9.17, 15) is 53.4 Å². The highest BCUT2D eigenvalue weighted by atomic mass is 32.2. The molecule has 0 radical (unpaired) electrons. The molecule has 0 aromatic rings. The number of hydrogen-bond acceptors (Lipinski definition) is 12. The van der Waals surface area contributed by atoms with Crippen molar-refractivity contribution in [2.24, 2.45) is 34.0 Å². The number of nitrogens with zero attached hydrogens (tertiary/aromatic N) is 1. The third kappa shape index (κ3) is 22.0. The molecule has 0 spiro atoms. The van der Waals surface area contributed by atoms with Crippen molar-refractivity contribution in [1.82, 2.24) is 37.2 Å². The maximum Gasteiger partial charge on any atom is 0.326 e. The van der Waals surface area contributed by atoms with Gasteiger partial charge in [0.1, 0.15) is 42.3 Å². The number of hydrogen-bond donors (Lipinski definition) is 12. The van der Waals surface area contributed by atoms with Crippen molar-refractivity contribution in [3.8, 4) is 0 Å². The molecular formula is C36H65N11O11S. The summed E-state index contributed by atoms with van der Waals surface area (Å²) in [7, 11) is 0. The standard InChI is InChI=1S/C36H65N11O11S/c1-17(2)16-25(46-34(56)27(18(3)4)47-32(54)22(43-28(50)19(5)37)10-9-14-40-36(38)39)33(55)42-20(6)29(51)44-23(11-12-26(48)49)31(53)41-21(7)30(52)45-24(35(57)58)13-15-59-8/h17-25,27H,9-16,37H2,1-8H3,(H,41,53)(H,42,55)(H,43,50)(H,44,51)(H,45,52)(H,46,56)(H,47,54)(H,48,49)(H,57,58)(H4,38,39,40)/t19-,20-,21-,22-,23-,24-,25-,27-/m0/s1. The van der Waals surface area contributed by atoms with Crippen molar-refractivity contribution < 1.29 is 53.4 Å². The molecule has 59 heavy (non-hydrogen) atoms. The van der Waals surface area contributed by atoms with Crippen LogP contribution in [-0.4, -0.2) is 136 Å². The van der Waals surface area contributed by atoms with Gasteiger partial charge >= 0.3 is 11.9 Å². The number of guanidine groups is 1. The van der Waals surface area contributed by atoms with Crippen LogP contribution in [0, 0.1) is 11.8 Å². The summed E-state index contributed by atoms with van der Waals surface area (Å²) in [4.78, 5) is 119. The highest BCUT2D eigenvalue weighted by Crippen LogP contribution is 2.10. The van der Waals surface area contributed by atoms with Crippen LogP contribution in [0.1, 0.15) is 87.0 Å². The average molecular weight is 860 g/mol. The molecule has 0 aliphatic heterocycles. The summed E-state index contributed by atoms with van der Waals surface area (Å²) in [5.74, 6) is -8.36. The van der Waals surface area contributed by atoms with Gasteiger partial charge in [-0.25, -0.2) is 4.79 Å². The molecule has 22 nitrogen and oxygen atoms in total. The number of aliphatic carboxylic acids is 2. The predicted molar refractivity (Wildman–Crippen MR) is 220 cm³/mol. The van der Waals surface area contributed by atoms with Gasteiger partial charge in [0.05, 0.1) is 6.04 Å². The first-order valence-electron chi connectivity index (χ1n) is 19.3. The highest BCUT2D eigenvalue weighted by molar-refractivity contribution is 7.98. The Bertz CT molecular complexity index is 1490. The van der Waals surface area contributed by atoms with E-state index in [0.717, 1.165) is 0 Å². The Morgan fingerprint density at radius 1 is 0.593 bits per heavy atom. The summed E-state index contributed by atoms with van der Waals surface area (Å²) in [6.07, 6.45) is 1.45. The van der Waals surface area contributed by atoms with Gasteiger partial charge in [0.2, 0.25) is 41.4 Å². The van der Waals surface area contributed by atoms with Gasteiger partial charge in [-0.15, -0.1) is 0 Å². The smallest absolute Gasteiger partial charge is 0.326 e. The van der Waals surface area contributed by atoms with E-state index in [2.05, 4.69) is 42.2 Å². The maximum atomic E-state index is 13.7. The fourth-order valence-electron chi connectivity index (χ4n) is 5.21. The molecule has 0 unspecified atom stereocenters. The van der Waals surface area contributed by atoms with Crippen LogP contribution in [0.5, 0.6) is 0 Å². The number of thioether (sulfide) groups is 1. The lowest BCUT2D eigenvalue weighted by atomic mass is 9.99. The van der Waals surface area contributed by atoms with Crippen molar-refractivity contribution in [3.05, 3.63) is 0 Å². The van der Waals surface area contributed by atoms with Gasteiger partial charge in [0.25, 0.3) is 0 Å². The van der Waals surface area contributed by atoms with E-state index < -0.39 is 120 Å². The van der Waals surface area contributed by atoms with E-state index in [-0.39, 0.29) is 37.7 Å². The number of rotatable bonds is 28. The van der Waals surface area contributed by atoms with E-state index in [4.69, 9.17) is 17.2 Å². The molecular weight excluding hydrogens is 795 g/mol. The Morgan fingerprint density at radius 3 is 1.53 bits per heavy atom. The predicted octanol–water partition coefficient (Wildman–Crippen LogP) is -2.77. The molecule has 336 valence electrons. The van der Waals surface area contributed by atoms with Gasteiger partial charge in [-0.3, -0.25) is 43.3 Å². The number of aliphatic imine (C=N–C) groups is 1. The van der Waals surface area contributed by atoms with Gasteiger partial charge in [-0.1, -0.05) is 27.7 Å². The van der Waals surface area contributed by atoms with Crippen LogP contribution >= 0.6 is 11.8 Å². The molecule has 0 heterocycles. The Morgan fingerprint density at radius 2 is 1.07 bits per heavy atom. The van der Waals surface area contributed by atoms with Crippen molar-refractivity contribution in [3.63, 3.8) is 0 Å². The fraction of sp³-hybridized carbons (Fsp3) is 0.722. The molecule has 0 aliphatic carbocycles. The van der Waals surface area contributed by atoms with Crippen molar-refractivity contribution in [1.29, 1.82) is 0 Å². The van der Waals surface area contributed by atoms with Gasteiger partial charge in [0.15, 0.2) is 5.96 Å². The third-order valence-electron chi connectivity index (χ3n) is 8.59. The first-order valence-corrected chi connectivity index (χ1v) is 20.7. The van der Waals surface area contributed by atoms with Crippen LogP contribution in [0.25, 0.3) is 0 Å². The number of carboxylic acid groups (broad SMARTS) is 2. The second-order valence-electron chi connectivity index (χ2n) is 14.9. The molecule has 0 aromatic heterocycles. The topological polar surface area (TPSA) is 369 Å². The molecule has 15 N–H and O–H groups in total. The van der Waals surface area contributed by atoms with E-state index >= 15 is 0 Å². The second kappa shape index (κ2) is 27.5. The summed E-state index contributed by atoms with van der Waals surface area (Å²) in [5, 5.41) is 36.1. The van der Waals surface area contributed by atoms with Crippen molar-refractivity contribution in [2.45, 2.75) is 135 Å². The molecule has 0 rings (SSSR count). The third-order valence-corrected chi connectivity index (χ3v) is 9.23. The zero-order valence-electron chi connectivity index (χ0n) is 35.1. The molecule has 0 bridgehead atoms. The molecule has 7 amide bonds. The summed E-state index contributed by atoms with van der Waals surface area (Å²) in [5.41, 5.74) is 16.4. The summed E-state index contributed by atoms with van der Waals surface area (Å²) in [6, 6.07) is -9.71. The largest absolute Gasteiger partial charge is 0.481 e. The Kier molecular flexibility index (Phi) is 25.1. The van der Waals surface area contributed by atoms with E-state index in [1.54, 1.807) is 34.0 Å². The lowest BCUT2D eigenvalue weighted by molar-refractivity contribution is -0.142. The Balaban J connectivity index is 5.96. The van der Waals surface area contributed by atoms with Crippen LogP contribution in [0.2, 0.25) is 0 Å². The number of carbonyl (C=O) groups excluding carboxylic acids is 7. The minimum atomic E-state index is -1.48. The lowest BCUT2D eigenvalue weighted by Gasteiger charge is -2.28. The number of nitrogens with two attached hydrogens (primary N) is 3. The molecule has 0 aliphatic rings. The fourth-order valence-corrected chi connectivity index (χ4v) is 5.68. The normalized spacial score (nSPS) is 15.1. The number of carboxylic acids is 2. The van der Waals surface area contributed by atoms with Crippen LogP contribution in [0.4, 0.5) is 0 Å². The zero-order chi connectivity index (χ0) is 45.6. The number of amides is 7. The molecule has 23 heteroatoms.